The Morgan fingerprint density at radius 2 is 1.73 bits per heavy atom. The first kappa shape index (κ1) is 26.7. The number of carbonyl (C=O) groups is 1. The van der Waals surface area contributed by atoms with Gasteiger partial charge in [-0.2, -0.15) is 13.2 Å². The molecule has 2 unspecified atom stereocenters. The van der Waals surface area contributed by atoms with Crippen molar-refractivity contribution in [2.24, 2.45) is 0 Å². The third-order valence-corrected chi connectivity index (χ3v) is 10.4. The first-order valence-corrected chi connectivity index (χ1v) is 13.6. The summed E-state index contributed by atoms with van der Waals surface area (Å²) in [5.41, 5.74) is 5.57. The van der Waals surface area contributed by atoms with E-state index in [0.29, 0.717) is 5.56 Å². The summed E-state index contributed by atoms with van der Waals surface area (Å²) in [5, 5.41) is 2.01. The molecule has 6 nitrogen and oxygen atoms in total. The van der Waals surface area contributed by atoms with Crippen LogP contribution in [0.25, 0.3) is 0 Å². The smallest absolute Gasteiger partial charge is 0.404 e. The van der Waals surface area contributed by atoms with Crippen LogP contribution in [0, 0.1) is 0 Å². The fourth-order valence-electron chi connectivity index (χ4n) is 3.06. The fourth-order valence-corrected chi connectivity index (χ4v) is 4.35. The predicted molar refractivity (Wildman–Crippen MR) is 125 cm³/mol. The van der Waals surface area contributed by atoms with E-state index in [1.807, 2.05) is 20.8 Å². The van der Waals surface area contributed by atoms with Crippen molar-refractivity contribution in [3.05, 3.63) is 64.6 Å². The quantitative estimate of drug-likeness (QED) is 0.554. The van der Waals surface area contributed by atoms with Crippen LogP contribution in [0.15, 0.2) is 53.5 Å². The highest BCUT2D eigenvalue weighted by Crippen LogP contribution is 2.40. The topological polar surface area (TPSA) is 86.3 Å². The summed E-state index contributed by atoms with van der Waals surface area (Å²) < 4.78 is 49.6. The molecule has 1 aromatic carbocycles. The van der Waals surface area contributed by atoms with E-state index in [1.54, 1.807) is 43.4 Å². The number of hydrogen-bond donors (Lipinski definition) is 2. The Kier molecular flexibility index (Phi) is 8.18. The average Bonchev–Trinajstić information content (AvgIpc) is 2.68. The summed E-state index contributed by atoms with van der Waals surface area (Å²) in [6.45, 7) is 8.57. The zero-order chi connectivity index (χ0) is 25.0. The second-order valence-electron chi connectivity index (χ2n) is 9.60. The molecule has 1 aromatic heterocycles. The van der Waals surface area contributed by atoms with Gasteiger partial charge in [-0.1, -0.05) is 51.1 Å². The summed E-state index contributed by atoms with van der Waals surface area (Å²) in [6, 6.07) is 10.1. The molecule has 10 heteroatoms. The van der Waals surface area contributed by atoms with Gasteiger partial charge in [0.05, 0.1) is 11.7 Å². The molecule has 3 N–H and O–H groups in total. The Morgan fingerprint density at radius 1 is 1.12 bits per heavy atom. The molecule has 0 aliphatic rings. The maximum absolute atomic E-state index is 14.3. The lowest BCUT2D eigenvalue weighted by Gasteiger charge is -2.42. The molecule has 0 aliphatic heterocycles. The zero-order valence-electron chi connectivity index (χ0n) is 19.6. The largest absolute Gasteiger partial charge is 0.415 e. The number of benzene rings is 1. The van der Waals surface area contributed by atoms with E-state index in [2.05, 4.69) is 5.32 Å². The van der Waals surface area contributed by atoms with Gasteiger partial charge in [-0.25, -0.2) is 0 Å². The molecular weight excluding hydrogens is 451 g/mol. The molecule has 33 heavy (non-hydrogen) atoms. The maximum atomic E-state index is 14.3. The van der Waals surface area contributed by atoms with Crippen molar-refractivity contribution in [3.8, 4) is 0 Å². The van der Waals surface area contributed by atoms with Gasteiger partial charge in [0.2, 0.25) is 5.91 Å². The lowest BCUT2D eigenvalue weighted by atomic mass is 10.0. The van der Waals surface area contributed by atoms with Gasteiger partial charge >= 0.3 is 6.18 Å². The van der Waals surface area contributed by atoms with Crippen LogP contribution < -0.4 is 16.6 Å². The van der Waals surface area contributed by atoms with Crippen LogP contribution in [0.2, 0.25) is 18.1 Å². The fraction of sp³-hybridized carbons (Fsp3) is 0.478. The molecule has 0 saturated carbocycles. The molecule has 0 fully saturated rings. The van der Waals surface area contributed by atoms with Gasteiger partial charge in [0.15, 0.2) is 14.4 Å². The van der Waals surface area contributed by atoms with E-state index in [1.165, 1.54) is 18.3 Å². The van der Waals surface area contributed by atoms with E-state index in [4.69, 9.17) is 10.2 Å². The third kappa shape index (κ3) is 7.20. The van der Waals surface area contributed by atoms with Crippen LogP contribution in [0.3, 0.4) is 0 Å². The number of nitrogen functional groups attached to an aromatic ring is 1. The van der Waals surface area contributed by atoms with Gasteiger partial charge in [0.25, 0.3) is 5.56 Å². The van der Waals surface area contributed by atoms with Crippen molar-refractivity contribution >= 4 is 19.9 Å². The molecule has 1 amide bonds. The number of carbonyl (C=O) groups excluding carboxylic acids is 1. The van der Waals surface area contributed by atoms with Gasteiger partial charge < -0.3 is 20.0 Å². The summed E-state index contributed by atoms with van der Waals surface area (Å²) in [7, 11) is -2.84. The number of nitrogens with two attached hydrogens (primary N) is 1. The van der Waals surface area contributed by atoms with Crippen molar-refractivity contribution < 1.29 is 22.4 Å². The lowest BCUT2D eigenvalue weighted by Crippen LogP contribution is -2.58. The Labute approximate surface area is 193 Å². The molecule has 1 heterocycles. The molecule has 0 aliphatic carbocycles. The van der Waals surface area contributed by atoms with Gasteiger partial charge in [-0.05, 0) is 42.2 Å². The molecule has 0 spiro atoms. The van der Waals surface area contributed by atoms with Crippen LogP contribution in [0.1, 0.15) is 26.3 Å². The van der Waals surface area contributed by atoms with E-state index >= 15 is 0 Å². The highest BCUT2D eigenvalue weighted by molar-refractivity contribution is 6.74. The van der Waals surface area contributed by atoms with E-state index < -0.39 is 49.7 Å². The number of anilines is 1. The van der Waals surface area contributed by atoms with Gasteiger partial charge in [0, 0.05) is 6.20 Å². The van der Waals surface area contributed by atoms with Crippen molar-refractivity contribution in [1.82, 2.24) is 9.88 Å². The monoisotopic (exact) mass is 483 g/mol. The SMILES string of the molecule is CC(C)(C)[Si](C)(C)OC(C(Cc1ccccc1)NC(=O)Cn1cccc(N)c1=O)C(F)(F)F. The number of nitrogens with one attached hydrogen (secondary N) is 1. The number of rotatable bonds is 8. The summed E-state index contributed by atoms with van der Waals surface area (Å²) in [5.74, 6) is -0.739. The number of nitrogens with zero attached hydrogens (tertiary/aromatic N) is 1. The summed E-state index contributed by atoms with van der Waals surface area (Å²) in [4.78, 5) is 24.9. The minimum Gasteiger partial charge on any atom is -0.404 e. The number of pyridine rings is 1. The number of alkyl halides is 3. The van der Waals surface area contributed by atoms with Gasteiger partial charge in [-0.3, -0.25) is 9.59 Å². The molecule has 0 radical (unpaired) electrons. The Balaban J connectivity index is 2.38. The predicted octanol–water partition coefficient (Wildman–Crippen LogP) is 4.11. The lowest BCUT2D eigenvalue weighted by molar-refractivity contribution is -0.206. The van der Waals surface area contributed by atoms with Crippen LogP contribution in [0.5, 0.6) is 0 Å². The van der Waals surface area contributed by atoms with Crippen LogP contribution >= 0.6 is 0 Å². The Hall–Kier alpha value is -2.59. The van der Waals surface area contributed by atoms with Crippen LogP contribution in [0.4, 0.5) is 18.9 Å². The average molecular weight is 484 g/mol. The van der Waals surface area contributed by atoms with Crippen LogP contribution in [-0.4, -0.2) is 37.1 Å². The minimum atomic E-state index is -4.71. The number of hydrogen-bond acceptors (Lipinski definition) is 4. The molecular formula is C23H32F3N3O3Si. The zero-order valence-corrected chi connectivity index (χ0v) is 20.6. The van der Waals surface area contributed by atoms with E-state index in [-0.39, 0.29) is 12.1 Å². The summed E-state index contributed by atoms with van der Waals surface area (Å²) >= 11 is 0. The first-order chi connectivity index (χ1) is 15.1. The minimum absolute atomic E-state index is 0.0550. The van der Waals surface area contributed by atoms with Gasteiger partial charge in [-0.15, -0.1) is 0 Å². The highest BCUT2D eigenvalue weighted by Gasteiger charge is 2.51. The normalized spacial score (nSPS) is 14.5. The Morgan fingerprint density at radius 3 is 2.27 bits per heavy atom. The second kappa shape index (κ2) is 10.1. The van der Waals surface area contributed by atoms with Crippen molar-refractivity contribution in [3.63, 3.8) is 0 Å². The number of amides is 1. The molecule has 2 rings (SSSR count). The second-order valence-corrected chi connectivity index (χ2v) is 14.4. The maximum Gasteiger partial charge on any atom is 0.415 e. The highest BCUT2D eigenvalue weighted by atomic mass is 28.4. The molecule has 2 aromatic rings. The van der Waals surface area contributed by atoms with Gasteiger partial charge in [0.1, 0.15) is 6.54 Å². The third-order valence-electron chi connectivity index (χ3n) is 5.92. The molecule has 0 saturated heterocycles. The van der Waals surface area contributed by atoms with Crippen molar-refractivity contribution in [1.29, 1.82) is 0 Å². The van der Waals surface area contributed by atoms with E-state index in [9.17, 15) is 22.8 Å². The molecule has 0 bridgehead atoms. The molecule has 2 atom stereocenters. The van der Waals surface area contributed by atoms with Crippen LogP contribution in [-0.2, 0) is 22.2 Å². The number of aromatic nitrogens is 1. The molecule has 182 valence electrons. The van der Waals surface area contributed by atoms with Crippen molar-refractivity contribution in [2.75, 3.05) is 5.73 Å². The number of halogens is 3. The first-order valence-electron chi connectivity index (χ1n) is 10.6. The van der Waals surface area contributed by atoms with Crippen molar-refractivity contribution in [2.45, 2.75) is 70.2 Å². The standard InChI is InChI=1S/C23H32F3N3O3Si/c1-22(2,3)33(4,5)32-20(23(24,25)26)18(14-16-10-7-6-8-11-16)28-19(30)15-29-13-9-12-17(27)21(29)31/h6-13,18,20H,14-15,27H2,1-5H3,(H,28,30). The van der Waals surface area contributed by atoms with E-state index in [0.717, 1.165) is 4.57 Å². The summed E-state index contributed by atoms with van der Waals surface area (Å²) in [6.07, 6.45) is -5.65. The Bertz CT molecular complexity index is 1000.